The summed E-state index contributed by atoms with van der Waals surface area (Å²) in [5.74, 6) is -3.35. The van der Waals surface area contributed by atoms with Crippen molar-refractivity contribution >= 4 is 35.9 Å². The second-order valence-electron chi connectivity index (χ2n) is 5.40. The Morgan fingerprint density at radius 1 is 1.11 bits per heavy atom. The molecule has 3 amide bonds. The normalized spacial score (nSPS) is 12.2. The molecular weight excluding hydrogens is 362 g/mol. The van der Waals surface area contributed by atoms with Gasteiger partial charge in [-0.15, -0.1) is 0 Å². The number of carboxylic acid groups (broad SMARTS) is 1. The van der Waals surface area contributed by atoms with Crippen molar-refractivity contribution in [1.29, 1.82) is 0 Å². The van der Waals surface area contributed by atoms with Gasteiger partial charge in [0.2, 0.25) is 17.7 Å². The first-order valence-electron chi connectivity index (χ1n) is 7.98. The average Bonchev–Trinajstić information content (AvgIpc) is 2.60. The Bertz CT molecular complexity index is 576. The molecule has 0 radical (unpaired) electrons. The van der Waals surface area contributed by atoms with Crippen LogP contribution in [0.1, 0.15) is 19.3 Å². The Morgan fingerprint density at radius 3 is 2.30 bits per heavy atom. The minimum Gasteiger partial charge on any atom is -0.481 e. The number of rotatable bonds is 13. The highest BCUT2D eigenvalue weighted by Crippen LogP contribution is 1.99. The molecule has 0 spiro atoms. The summed E-state index contributed by atoms with van der Waals surface area (Å²) in [5, 5.41) is 15.5. The first-order valence-corrected chi connectivity index (χ1v) is 7.98. The molecule has 13 heteroatoms. The monoisotopic (exact) mass is 387 g/mol. The Balaban J connectivity index is 4.61. The van der Waals surface area contributed by atoms with Crippen LogP contribution in [-0.4, -0.2) is 72.8 Å². The summed E-state index contributed by atoms with van der Waals surface area (Å²) in [6.07, 6.45) is 0.260. The van der Waals surface area contributed by atoms with Gasteiger partial charge in [0.1, 0.15) is 12.3 Å². The number of carboxylic acids is 1. The molecule has 0 aromatic carbocycles. The highest BCUT2D eigenvalue weighted by Gasteiger charge is 2.21. The van der Waals surface area contributed by atoms with Crippen LogP contribution in [0.4, 0.5) is 0 Å². The Kier molecular flexibility index (Phi) is 11.5. The molecule has 0 saturated heterocycles. The first kappa shape index (κ1) is 23.8. The summed E-state index contributed by atoms with van der Waals surface area (Å²) in [6, 6.07) is -2.18. The predicted octanol–water partition coefficient (Wildman–Crippen LogP) is -4.24. The van der Waals surface area contributed by atoms with Gasteiger partial charge in [0.25, 0.3) is 0 Å². The van der Waals surface area contributed by atoms with Gasteiger partial charge in [-0.2, -0.15) is 0 Å². The van der Waals surface area contributed by atoms with Crippen LogP contribution in [0.5, 0.6) is 0 Å². The molecule has 0 saturated carbocycles. The molecule has 0 heterocycles. The van der Waals surface area contributed by atoms with Crippen LogP contribution in [0.2, 0.25) is 0 Å². The molecule has 0 aromatic rings. The standard InChI is InChI=1S/C14H25N7O6/c15-5-10(23)21-9(2-1-3-18-14(16)17)13(27)19-6-11(24)20-8(7-22)4-12(25)26/h7-9H,1-6,15H2,(H,19,27)(H,20,24)(H,21,23)(H,25,26)(H4,16,17,18)/t8-,9-/m0/s1. The van der Waals surface area contributed by atoms with Crippen molar-refractivity contribution in [2.75, 3.05) is 19.6 Å². The molecule has 0 aromatic heterocycles. The van der Waals surface area contributed by atoms with Crippen LogP contribution < -0.4 is 33.2 Å². The molecule has 0 bridgehead atoms. The average molecular weight is 387 g/mol. The van der Waals surface area contributed by atoms with Crippen molar-refractivity contribution < 1.29 is 29.1 Å². The second-order valence-corrected chi connectivity index (χ2v) is 5.40. The van der Waals surface area contributed by atoms with Gasteiger partial charge in [0.05, 0.1) is 25.6 Å². The maximum atomic E-state index is 12.2. The van der Waals surface area contributed by atoms with E-state index in [1.54, 1.807) is 0 Å². The molecule has 0 aliphatic heterocycles. The molecule has 0 fully saturated rings. The van der Waals surface area contributed by atoms with Crippen molar-refractivity contribution in [2.24, 2.45) is 22.2 Å². The molecule has 10 N–H and O–H groups in total. The Morgan fingerprint density at radius 2 is 1.78 bits per heavy atom. The third kappa shape index (κ3) is 11.9. The van der Waals surface area contributed by atoms with E-state index in [0.29, 0.717) is 6.42 Å². The number of aliphatic imine (C=N–C) groups is 1. The van der Waals surface area contributed by atoms with Crippen LogP contribution in [0.3, 0.4) is 0 Å². The first-order chi connectivity index (χ1) is 12.7. The molecule has 13 nitrogen and oxygen atoms in total. The summed E-state index contributed by atoms with van der Waals surface area (Å²) in [7, 11) is 0. The largest absolute Gasteiger partial charge is 0.481 e. The number of guanidine groups is 1. The number of nitrogens with two attached hydrogens (primary N) is 3. The smallest absolute Gasteiger partial charge is 0.305 e. The fourth-order valence-electron chi connectivity index (χ4n) is 1.90. The molecule has 0 unspecified atom stereocenters. The zero-order valence-electron chi connectivity index (χ0n) is 14.6. The summed E-state index contributed by atoms with van der Waals surface area (Å²) in [6.45, 7) is -0.596. The van der Waals surface area contributed by atoms with Crippen molar-refractivity contribution in [3.8, 4) is 0 Å². The van der Waals surface area contributed by atoms with Gasteiger partial charge >= 0.3 is 5.97 Å². The van der Waals surface area contributed by atoms with E-state index in [1.165, 1.54) is 0 Å². The fraction of sp³-hybridized carbons (Fsp3) is 0.571. The highest BCUT2D eigenvalue weighted by atomic mass is 16.4. The molecule has 2 atom stereocenters. The molecule has 27 heavy (non-hydrogen) atoms. The van der Waals surface area contributed by atoms with E-state index in [2.05, 4.69) is 20.9 Å². The van der Waals surface area contributed by atoms with Crippen LogP contribution in [0, 0.1) is 0 Å². The highest BCUT2D eigenvalue weighted by molar-refractivity contribution is 5.91. The molecule has 0 rings (SSSR count). The number of hydrogen-bond donors (Lipinski definition) is 7. The summed E-state index contributed by atoms with van der Waals surface area (Å²) in [5.41, 5.74) is 15.6. The van der Waals surface area contributed by atoms with Gasteiger partial charge in [-0.1, -0.05) is 0 Å². The molecular formula is C14H25N7O6. The minimum atomic E-state index is -1.26. The van der Waals surface area contributed by atoms with Gasteiger partial charge in [0.15, 0.2) is 5.96 Å². The number of hydrogen-bond acceptors (Lipinski definition) is 7. The third-order valence-electron chi connectivity index (χ3n) is 3.11. The van der Waals surface area contributed by atoms with Crippen LogP contribution in [-0.2, 0) is 24.0 Å². The number of carbonyl (C=O) groups is 5. The minimum absolute atomic E-state index is 0.107. The van der Waals surface area contributed by atoms with Gasteiger partial charge in [-0.25, -0.2) is 0 Å². The van der Waals surface area contributed by atoms with Crippen molar-refractivity contribution in [2.45, 2.75) is 31.3 Å². The SMILES string of the molecule is NCC(=O)N[C@@H](CCCN=C(N)N)C(=O)NCC(=O)N[C@H](C=O)CC(=O)O. The van der Waals surface area contributed by atoms with E-state index < -0.39 is 48.7 Å². The zero-order valence-corrected chi connectivity index (χ0v) is 14.6. The van der Waals surface area contributed by atoms with E-state index in [0.717, 1.165) is 0 Å². The van der Waals surface area contributed by atoms with E-state index in [1.807, 2.05) is 0 Å². The summed E-state index contributed by atoms with van der Waals surface area (Å²) >= 11 is 0. The van der Waals surface area contributed by atoms with Gasteiger partial charge in [-0.05, 0) is 12.8 Å². The lowest BCUT2D eigenvalue weighted by Gasteiger charge is -2.18. The fourth-order valence-corrected chi connectivity index (χ4v) is 1.90. The summed E-state index contributed by atoms with van der Waals surface area (Å²) < 4.78 is 0. The predicted molar refractivity (Wildman–Crippen MR) is 94.2 cm³/mol. The lowest BCUT2D eigenvalue weighted by atomic mass is 10.1. The molecule has 0 aliphatic rings. The number of nitrogens with zero attached hydrogens (tertiary/aromatic N) is 1. The number of nitrogens with one attached hydrogen (secondary N) is 3. The molecule has 152 valence electrons. The number of carbonyl (C=O) groups excluding carboxylic acids is 4. The van der Waals surface area contributed by atoms with E-state index in [4.69, 9.17) is 22.3 Å². The van der Waals surface area contributed by atoms with Crippen LogP contribution in [0.15, 0.2) is 4.99 Å². The van der Waals surface area contributed by atoms with Gasteiger partial charge < -0.3 is 43.1 Å². The number of aliphatic carboxylic acids is 1. The Labute approximate surface area is 155 Å². The maximum Gasteiger partial charge on any atom is 0.305 e. The van der Waals surface area contributed by atoms with E-state index in [-0.39, 0.29) is 31.8 Å². The van der Waals surface area contributed by atoms with E-state index in [9.17, 15) is 24.0 Å². The van der Waals surface area contributed by atoms with Gasteiger partial charge in [0, 0.05) is 6.54 Å². The number of aldehydes is 1. The van der Waals surface area contributed by atoms with Crippen LogP contribution in [0.25, 0.3) is 0 Å². The quantitative estimate of drug-likeness (QED) is 0.0700. The van der Waals surface area contributed by atoms with Crippen molar-refractivity contribution in [3.63, 3.8) is 0 Å². The van der Waals surface area contributed by atoms with Crippen molar-refractivity contribution in [1.82, 2.24) is 16.0 Å². The number of amides is 3. The topological polar surface area (TPSA) is 232 Å². The lowest BCUT2D eigenvalue weighted by Crippen LogP contribution is -2.51. The second kappa shape index (κ2) is 13.0. The van der Waals surface area contributed by atoms with Crippen LogP contribution >= 0.6 is 0 Å². The Hall–Kier alpha value is -3.22. The summed E-state index contributed by atoms with van der Waals surface area (Å²) in [4.78, 5) is 60.3. The van der Waals surface area contributed by atoms with Crippen molar-refractivity contribution in [3.05, 3.63) is 0 Å². The lowest BCUT2D eigenvalue weighted by molar-refractivity contribution is -0.139. The maximum absolute atomic E-state index is 12.2. The van der Waals surface area contributed by atoms with E-state index >= 15 is 0 Å². The van der Waals surface area contributed by atoms with Gasteiger partial charge in [-0.3, -0.25) is 24.2 Å². The zero-order chi connectivity index (χ0) is 20.8. The third-order valence-corrected chi connectivity index (χ3v) is 3.11. The molecule has 0 aliphatic carbocycles.